The van der Waals surface area contributed by atoms with E-state index in [2.05, 4.69) is 228 Å². The van der Waals surface area contributed by atoms with Crippen molar-refractivity contribution in [3.63, 3.8) is 0 Å². The van der Waals surface area contributed by atoms with Crippen molar-refractivity contribution in [2.45, 2.75) is 0 Å². The Morgan fingerprint density at radius 1 is 0.311 bits per heavy atom. The van der Waals surface area contributed by atoms with Crippen molar-refractivity contribution < 1.29 is 4.42 Å². The molecule has 0 aliphatic heterocycles. The third kappa shape index (κ3) is 5.90. The molecule has 0 fully saturated rings. The Kier molecular flexibility index (Phi) is 8.17. The largest absolute Gasteiger partial charge is 0.456 e. The van der Waals surface area contributed by atoms with Crippen LogP contribution in [0.25, 0.3) is 93.6 Å². The minimum absolute atomic E-state index is 0.900. The Morgan fingerprint density at radius 2 is 0.754 bits per heavy atom. The number of para-hydroxylation sites is 3. The zero-order valence-corrected chi connectivity index (χ0v) is 33.2. The Bertz CT molecular complexity index is 3500. The first kappa shape index (κ1) is 34.9. The van der Waals surface area contributed by atoms with Crippen molar-refractivity contribution in [1.82, 2.24) is 4.57 Å². The highest BCUT2D eigenvalue weighted by atomic mass is 16.3. The Labute approximate surface area is 353 Å². The summed E-state index contributed by atoms with van der Waals surface area (Å²) >= 11 is 0. The van der Waals surface area contributed by atoms with Crippen LogP contribution in [-0.4, -0.2) is 4.57 Å². The molecule has 3 nitrogen and oxygen atoms in total. The van der Waals surface area contributed by atoms with Crippen LogP contribution in [0.2, 0.25) is 0 Å². The number of nitrogens with zero attached hydrogens (tertiary/aromatic N) is 2. The molecule has 0 N–H and O–H groups in total. The molecular weight excluding hydrogens is 741 g/mol. The zero-order chi connectivity index (χ0) is 40.3. The number of anilines is 3. The predicted octanol–water partition coefficient (Wildman–Crippen LogP) is 16.3. The molecule has 0 aliphatic carbocycles. The number of hydrogen-bond acceptors (Lipinski definition) is 2. The number of furan rings is 1. The van der Waals surface area contributed by atoms with Gasteiger partial charge in [-0.05, 0) is 117 Å². The van der Waals surface area contributed by atoms with Gasteiger partial charge in [0.15, 0.2) is 0 Å². The molecule has 2 heterocycles. The van der Waals surface area contributed by atoms with Crippen LogP contribution >= 0.6 is 0 Å². The van der Waals surface area contributed by atoms with E-state index in [0.29, 0.717) is 0 Å². The van der Waals surface area contributed by atoms with Gasteiger partial charge in [-0.2, -0.15) is 0 Å². The van der Waals surface area contributed by atoms with Gasteiger partial charge >= 0.3 is 0 Å². The minimum Gasteiger partial charge on any atom is -0.456 e. The van der Waals surface area contributed by atoms with Crippen molar-refractivity contribution >= 4 is 71.6 Å². The second-order valence-corrected chi connectivity index (χ2v) is 15.7. The van der Waals surface area contributed by atoms with Gasteiger partial charge in [0.05, 0.1) is 11.0 Å². The molecule has 0 unspecified atom stereocenters. The molecule has 0 saturated carbocycles. The van der Waals surface area contributed by atoms with Crippen LogP contribution in [0, 0.1) is 0 Å². The summed E-state index contributed by atoms with van der Waals surface area (Å²) in [5, 5.41) is 7.31. The monoisotopic (exact) mass is 778 g/mol. The SMILES string of the molecule is c1ccc2c(-c3ccc(N(c4ccc(-c5ccc(-n6c7ccccc7c7ccccc76)cc5)cc4)c4ccc(-c5cccc6oc7ccccc7c56)cc4)cc3)cccc2c1. The van der Waals surface area contributed by atoms with Crippen molar-refractivity contribution in [3.05, 3.63) is 231 Å². The first-order chi connectivity index (χ1) is 30.2. The number of fused-ring (bicyclic) bond motifs is 7. The van der Waals surface area contributed by atoms with Gasteiger partial charge in [0, 0.05) is 44.3 Å². The highest BCUT2D eigenvalue weighted by Crippen LogP contribution is 2.41. The van der Waals surface area contributed by atoms with Crippen molar-refractivity contribution in [3.8, 4) is 39.1 Å². The highest BCUT2D eigenvalue weighted by Gasteiger charge is 2.17. The standard InChI is InChI=1S/C58H38N2O/c1-2-13-48-41(11-1)12-9-17-49(48)42-27-35-45(36-28-42)59(46-37-29-43(30-38-46)50-18-10-22-57-58(50)53-16-5-8-21-56(53)61-57)44-31-23-39(24-32-44)40-25-33-47(34-26-40)60-54-19-6-3-14-51(54)52-15-4-7-20-55(52)60/h1-38H. The quantitative estimate of drug-likeness (QED) is 0.161. The van der Waals surface area contributed by atoms with Crippen LogP contribution in [0.4, 0.5) is 17.1 Å². The fraction of sp³-hybridized carbons (Fsp3) is 0. The second kappa shape index (κ2) is 14.3. The van der Waals surface area contributed by atoms with E-state index in [4.69, 9.17) is 4.42 Å². The number of benzene rings is 10. The summed E-state index contributed by atoms with van der Waals surface area (Å²) < 4.78 is 8.61. The van der Waals surface area contributed by atoms with E-state index in [1.807, 2.05) is 12.1 Å². The van der Waals surface area contributed by atoms with E-state index < -0.39 is 0 Å². The third-order valence-electron chi connectivity index (χ3n) is 12.2. The second-order valence-electron chi connectivity index (χ2n) is 15.7. The maximum atomic E-state index is 6.24. The normalized spacial score (nSPS) is 11.6. The van der Waals surface area contributed by atoms with Crippen LogP contribution in [-0.2, 0) is 0 Å². The third-order valence-corrected chi connectivity index (χ3v) is 12.2. The smallest absolute Gasteiger partial charge is 0.136 e. The summed E-state index contributed by atoms with van der Waals surface area (Å²) in [6, 6.07) is 82.9. The maximum Gasteiger partial charge on any atom is 0.136 e. The molecule has 0 spiro atoms. The molecule has 0 amide bonds. The molecule has 0 atom stereocenters. The zero-order valence-electron chi connectivity index (χ0n) is 33.2. The van der Waals surface area contributed by atoms with Gasteiger partial charge in [-0.3, -0.25) is 0 Å². The molecule has 10 aromatic carbocycles. The Balaban J connectivity index is 0.915. The van der Waals surface area contributed by atoms with E-state index in [1.165, 1.54) is 54.8 Å². The van der Waals surface area contributed by atoms with Crippen LogP contribution in [0.15, 0.2) is 235 Å². The first-order valence-corrected chi connectivity index (χ1v) is 20.8. The fourth-order valence-electron chi connectivity index (χ4n) is 9.33. The van der Waals surface area contributed by atoms with Crippen LogP contribution in [0.3, 0.4) is 0 Å². The molecule has 12 aromatic rings. The predicted molar refractivity (Wildman–Crippen MR) is 257 cm³/mol. The lowest BCUT2D eigenvalue weighted by atomic mass is 9.97. The van der Waals surface area contributed by atoms with Gasteiger partial charge in [0.25, 0.3) is 0 Å². The van der Waals surface area contributed by atoms with Gasteiger partial charge in [-0.15, -0.1) is 0 Å². The molecule has 61 heavy (non-hydrogen) atoms. The van der Waals surface area contributed by atoms with Gasteiger partial charge in [0.1, 0.15) is 11.2 Å². The molecule has 0 aliphatic rings. The maximum absolute atomic E-state index is 6.24. The lowest BCUT2D eigenvalue weighted by Gasteiger charge is -2.26. The van der Waals surface area contributed by atoms with Crippen molar-refractivity contribution in [2.24, 2.45) is 0 Å². The van der Waals surface area contributed by atoms with Gasteiger partial charge in [0.2, 0.25) is 0 Å². The summed E-state index contributed by atoms with van der Waals surface area (Å²) in [5.41, 5.74) is 15.7. The van der Waals surface area contributed by atoms with Crippen LogP contribution in [0.5, 0.6) is 0 Å². The molecule has 3 heteroatoms. The minimum atomic E-state index is 0.900. The topological polar surface area (TPSA) is 21.3 Å². The lowest BCUT2D eigenvalue weighted by molar-refractivity contribution is 0.669. The summed E-state index contributed by atoms with van der Waals surface area (Å²) in [5.74, 6) is 0. The number of aromatic nitrogens is 1. The van der Waals surface area contributed by atoms with E-state index in [-0.39, 0.29) is 0 Å². The highest BCUT2D eigenvalue weighted by molar-refractivity contribution is 6.12. The van der Waals surface area contributed by atoms with Gasteiger partial charge in [-0.25, -0.2) is 0 Å². The average molecular weight is 779 g/mol. The van der Waals surface area contributed by atoms with E-state index in [0.717, 1.165) is 55.8 Å². The molecule has 0 bridgehead atoms. The summed E-state index contributed by atoms with van der Waals surface area (Å²) in [7, 11) is 0. The molecule has 12 rings (SSSR count). The van der Waals surface area contributed by atoms with E-state index in [1.54, 1.807) is 0 Å². The molecule has 0 radical (unpaired) electrons. The average Bonchev–Trinajstić information content (AvgIpc) is 3.89. The number of rotatable bonds is 7. The van der Waals surface area contributed by atoms with E-state index >= 15 is 0 Å². The fourth-order valence-corrected chi connectivity index (χ4v) is 9.33. The Hall–Kier alpha value is -8.14. The van der Waals surface area contributed by atoms with Crippen LogP contribution < -0.4 is 4.90 Å². The molecule has 286 valence electrons. The van der Waals surface area contributed by atoms with Gasteiger partial charge < -0.3 is 13.9 Å². The van der Waals surface area contributed by atoms with Crippen LogP contribution in [0.1, 0.15) is 0 Å². The first-order valence-electron chi connectivity index (χ1n) is 20.8. The molecule has 2 aromatic heterocycles. The van der Waals surface area contributed by atoms with Gasteiger partial charge in [-0.1, -0.05) is 158 Å². The summed E-state index contributed by atoms with van der Waals surface area (Å²) in [6.07, 6.45) is 0. The number of hydrogen-bond donors (Lipinski definition) is 0. The molecule has 0 saturated heterocycles. The van der Waals surface area contributed by atoms with E-state index in [9.17, 15) is 0 Å². The summed E-state index contributed by atoms with van der Waals surface area (Å²) in [6.45, 7) is 0. The Morgan fingerprint density at radius 3 is 1.39 bits per heavy atom. The molecular formula is C58H38N2O. The van der Waals surface area contributed by atoms with Crippen molar-refractivity contribution in [2.75, 3.05) is 4.90 Å². The van der Waals surface area contributed by atoms with Crippen molar-refractivity contribution in [1.29, 1.82) is 0 Å². The summed E-state index contributed by atoms with van der Waals surface area (Å²) in [4.78, 5) is 2.35. The lowest BCUT2D eigenvalue weighted by Crippen LogP contribution is -2.09.